The van der Waals surface area contributed by atoms with Crippen molar-refractivity contribution >= 4 is 23.4 Å². The van der Waals surface area contributed by atoms with Crippen molar-refractivity contribution in [1.29, 1.82) is 0 Å². The number of amides is 2. The maximum Gasteiger partial charge on any atom is 0.224 e. The Morgan fingerprint density at radius 2 is 1.92 bits per heavy atom. The number of hydrogen-bond donors (Lipinski definition) is 1. The third-order valence-corrected chi connectivity index (χ3v) is 3.78. The van der Waals surface area contributed by atoms with E-state index in [0.717, 1.165) is 11.1 Å². The van der Waals surface area contributed by atoms with Crippen LogP contribution in [0, 0.1) is 0 Å². The summed E-state index contributed by atoms with van der Waals surface area (Å²) in [6.07, 6.45) is 3.72. The second-order valence-corrected chi connectivity index (χ2v) is 5.89. The second kappa shape index (κ2) is 9.03. The third-order valence-electron chi connectivity index (χ3n) is 3.52. The van der Waals surface area contributed by atoms with Gasteiger partial charge in [0, 0.05) is 44.0 Å². The van der Waals surface area contributed by atoms with E-state index in [0.29, 0.717) is 31.1 Å². The van der Waals surface area contributed by atoms with Gasteiger partial charge in [0.2, 0.25) is 11.8 Å². The van der Waals surface area contributed by atoms with Crippen LogP contribution in [-0.2, 0) is 22.6 Å². The molecular weight excluding hydrogens is 326 g/mol. The largest absolute Gasteiger partial charge is 0.354 e. The first-order valence-electron chi connectivity index (χ1n) is 7.70. The van der Waals surface area contributed by atoms with Gasteiger partial charge in [-0.05, 0) is 29.3 Å². The van der Waals surface area contributed by atoms with Crippen LogP contribution in [0.1, 0.15) is 18.1 Å². The van der Waals surface area contributed by atoms with E-state index in [1.54, 1.807) is 29.4 Å². The fourth-order valence-electron chi connectivity index (χ4n) is 2.24. The average Bonchev–Trinajstić information content (AvgIpc) is 2.57. The topological polar surface area (TPSA) is 62.3 Å². The summed E-state index contributed by atoms with van der Waals surface area (Å²) in [5.41, 5.74) is 1.86. The molecule has 0 aliphatic carbocycles. The molecule has 1 aromatic heterocycles. The summed E-state index contributed by atoms with van der Waals surface area (Å²) in [5, 5.41) is 3.48. The zero-order valence-electron chi connectivity index (χ0n) is 13.5. The molecule has 2 aromatic rings. The van der Waals surface area contributed by atoms with Gasteiger partial charge in [-0.25, -0.2) is 0 Å². The van der Waals surface area contributed by atoms with Crippen LogP contribution in [0.25, 0.3) is 0 Å². The van der Waals surface area contributed by atoms with Crippen LogP contribution in [0.15, 0.2) is 48.8 Å². The molecule has 1 heterocycles. The SMILES string of the molecule is CC(=O)N(CCNC(=O)Cc1ccc(Cl)cc1)Cc1cccnc1. The van der Waals surface area contributed by atoms with Gasteiger partial charge < -0.3 is 10.2 Å². The average molecular weight is 346 g/mol. The summed E-state index contributed by atoms with van der Waals surface area (Å²) in [5.74, 6) is -0.118. The number of hydrogen-bond acceptors (Lipinski definition) is 3. The Balaban J connectivity index is 1.78. The predicted molar refractivity (Wildman–Crippen MR) is 93.5 cm³/mol. The van der Waals surface area contributed by atoms with Crippen molar-refractivity contribution in [3.05, 3.63) is 64.9 Å². The first kappa shape index (κ1) is 17.9. The molecule has 0 saturated heterocycles. The minimum absolute atomic E-state index is 0.0363. The summed E-state index contributed by atoms with van der Waals surface area (Å²) in [4.78, 5) is 29.4. The van der Waals surface area contributed by atoms with Crippen LogP contribution < -0.4 is 5.32 Å². The highest BCUT2D eigenvalue weighted by molar-refractivity contribution is 6.30. The van der Waals surface area contributed by atoms with Gasteiger partial charge in [-0.3, -0.25) is 14.6 Å². The molecule has 0 atom stereocenters. The maximum absolute atomic E-state index is 11.9. The van der Waals surface area contributed by atoms with Crippen LogP contribution in [0.5, 0.6) is 0 Å². The van der Waals surface area contributed by atoms with E-state index < -0.39 is 0 Å². The highest BCUT2D eigenvalue weighted by atomic mass is 35.5. The number of nitrogens with one attached hydrogen (secondary N) is 1. The molecule has 0 aliphatic rings. The normalized spacial score (nSPS) is 10.2. The molecule has 6 heteroatoms. The molecule has 5 nitrogen and oxygen atoms in total. The molecule has 0 aliphatic heterocycles. The molecule has 0 fully saturated rings. The van der Waals surface area contributed by atoms with Crippen LogP contribution in [0.4, 0.5) is 0 Å². The molecule has 1 N–H and O–H groups in total. The van der Waals surface area contributed by atoms with Gasteiger partial charge in [0.05, 0.1) is 6.42 Å². The van der Waals surface area contributed by atoms with Crippen LogP contribution in [0.2, 0.25) is 5.02 Å². The van der Waals surface area contributed by atoms with Crippen molar-refractivity contribution in [3.63, 3.8) is 0 Å². The number of pyridine rings is 1. The zero-order valence-corrected chi connectivity index (χ0v) is 14.3. The van der Waals surface area contributed by atoms with Crippen molar-refractivity contribution in [2.24, 2.45) is 0 Å². The van der Waals surface area contributed by atoms with E-state index in [4.69, 9.17) is 11.6 Å². The Morgan fingerprint density at radius 3 is 2.54 bits per heavy atom. The molecule has 0 radical (unpaired) electrons. The molecule has 0 saturated carbocycles. The van der Waals surface area contributed by atoms with Gasteiger partial charge in [0.15, 0.2) is 0 Å². The van der Waals surface area contributed by atoms with Crippen molar-refractivity contribution in [2.75, 3.05) is 13.1 Å². The van der Waals surface area contributed by atoms with Crippen molar-refractivity contribution in [1.82, 2.24) is 15.2 Å². The summed E-state index contributed by atoms with van der Waals surface area (Å²) in [6, 6.07) is 10.9. The van der Waals surface area contributed by atoms with Crippen molar-refractivity contribution < 1.29 is 9.59 Å². The number of aromatic nitrogens is 1. The first-order valence-corrected chi connectivity index (χ1v) is 8.08. The number of halogens is 1. The van der Waals surface area contributed by atoms with Gasteiger partial charge in [0.1, 0.15) is 0 Å². The first-order chi connectivity index (χ1) is 11.5. The predicted octanol–water partition coefficient (Wildman–Crippen LogP) is 2.44. The lowest BCUT2D eigenvalue weighted by molar-refractivity contribution is -0.130. The van der Waals surface area contributed by atoms with Crippen molar-refractivity contribution in [3.8, 4) is 0 Å². The summed E-state index contributed by atoms with van der Waals surface area (Å²) < 4.78 is 0. The fraction of sp³-hybridized carbons (Fsp3) is 0.278. The molecule has 2 amide bonds. The monoisotopic (exact) mass is 345 g/mol. The molecule has 0 spiro atoms. The molecule has 0 unspecified atom stereocenters. The second-order valence-electron chi connectivity index (χ2n) is 5.46. The standard InChI is InChI=1S/C18H20ClN3O2/c1-14(23)22(13-16-3-2-8-20-12-16)10-9-21-18(24)11-15-4-6-17(19)7-5-15/h2-8,12H,9-11,13H2,1H3,(H,21,24). The molecule has 24 heavy (non-hydrogen) atoms. The van der Waals surface area contributed by atoms with Gasteiger partial charge in [0.25, 0.3) is 0 Å². The van der Waals surface area contributed by atoms with E-state index in [-0.39, 0.29) is 11.8 Å². The summed E-state index contributed by atoms with van der Waals surface area (Å²) in [7, 11) is 0. The van der Waals surface area contributed by atoms with E-state index in [9.17, 15) is 9.59 Å². The Morgan fingerprint density at radius 1 is 1.17 bits per heavy atom. The third kappa shape index (κ3) is 6.01. The van der Waals surface area contributed by atoms with Gasteiger partial charge in [-0.1, -0.05) is 29.8 Å². The zero-order chi connectivity index (χ0) is 17.4. The Kier molecular flexibility index (Phi) is 6.75. The Bertz CT molecular complexity index is 674. The molecule has 0 bridgehead atoms. The van der Waals surface area contributed by atoms with Crippen molar-refractivity contribution in [2.45, 2.75) is 19.9 Å². The van der Waals surface area contributed by atoms with Crippen LogP contribution in [-0.4, -0.2) is 34.8 Å². The number of carbonyl (C=O) groups excluding carboxylic acids is 2. The van der Waals surface area contributed by atoms with E-state index in [1.165, 1.54) is 6.92 Å². The molecule has 2 rings (SSSR count). The Labute approximate surface area is 146 Å². The van der Waals surface area contributed by atoms with E-state index in [2.05, 4.69) is 10.3 Å². The number of carbonyl (C=O) groups is 2. The van der Waals surface area contributed by atoms with Gasteiger partial charge >= 0.3 is 0 Å². The lowest BCUT2D eigenvalue weighted by Crippen LogP contribution is -2.37. The lowest BCUT2D eigenvalue weighted by atomic mass is 10.1. The summed E-state index contributed by atoms with van der Waals surface area (Å²) >= 11 is 5.82. The molecule has 1 aromatic carbocycles. The lowest BCUT2D eigenvalue weighted by Gasteiger charge is -2.21. The fourth-order valence-corrected chi connectivity index (χ4v) is 2.37. The summed E-state index contributed by atoms with van der Waals surface area (Å²) in [6.45, 7) is 2.87. The number of benzene rings is 1. The van der Waals surface area contributed by atoms with Gasteiger partial charge in [-0.15, -0.1) is 0 Å². The highest BCUT2D eigenvalue weighted by Gasteiger charge is 2.10. The van der Waals surface area contributed by atoms with E-state index in [1.807, 2.05) is 24.3 Å². The number of nitrogens with zero attached hydrogens (tertiary/aromatic N) is 2. The molecule has 126 valence electrons. The smallest absolute Gasteiger partial charge is 0.224 e. The molecular formula is C18H20ClN3O2. The van der Waals surface area contributed by atoms with E-state index >= 15 is 0 Å². The van der Waals surface area contributed by atoms with Crippen LogP contribution >= 0.6 is 11.6 Å². The minimum atomic E-state index is -0.0813. The Hall–Kier alpha value is -2.40. The maximum atomic E-state index is 11.9. The minimum Gasteiger partial charge on any atom is -0.354 e. The number of rotatable bonds is 7. The quantitative estimate of drug-likeness (QED) is 0.838. The highest BCUT2D eigenvalue weighted by Crippen LogP contribution is 2.09. The van der Waals surface area contributed by atoms with Crippen LogP contribution in [0.3, 0.4) is 0 Å². The van der Waals surface area contributed by atoms with Gasteiger partial charge in [-0.2, -0.15) is 0 Å².